The lowest BCUT2D eigenvalue weighted by Gasteiger charge is -2.23. The summed E-state index contributed by atoms with van der Waals surface area (Å²) >= 11 is 0. The number of hydrogen-bond donors (Lipinski definition) is 2. The van der Waals surface area contributed by atoms with Crippen LogP contribution in [-0.2, 0) is 9.84 Å². The van der Waals surface area contributed by atoms with Gasteiger partial charge in [-0.25, -0.2) is 8.42 Å². The van der Waals surface area contributed by atoms with Crippen molar-refractivity contribution in [2.24, 2.45) is 0 Å². The SMILES string of the molecule is CN(C(=O)c1cc(O)cc(O)c1)C1CCS(=O)(=O)C1. The quantitative estimate of drug-likeness (QED) is 0.818. The number of rotatable bonds is 2. The molecular formula is C12H15NO5S. The molecule has 19 heavy (non-hydrogen) atoms. The zero-order valence-corrected chi connectivity index (χ0v) is 11.2. The molecule has 2 rings (SSSR count). The summed E-state index contributed by atoms with van der Waals surface area (Å²) in [5.41, 5.74) is 0.129. The summed E-state index contributed by atoms with van der Waals surface area (Å²) in [5.74, 6) is -0.805. The molecule has 6 nitrogen and oxygen atoms in total. The van der Waals surface area contributed by atoms with Crippen LogP contribution in [0, 0.1) is 0 Å². The van der Waals surface area contributed by atoms with E-state index in [4.69, 9.17) is 0 Å². The van der Waals surface area contributed by atoms with Crippen molar-refractivity contribution >= 4 is 15.7 Å². The van der Waals surface area contributed by atoms with Gasteiger partial charge in [0.05, 0.1) is 11.5 Å². The molecule has 2 N–H and O–H groups in total. The Bertz CT molecular complexity index is 590. The number of phenolic OH excluding ortho intramolecular Hbond substituents is 2. The first kappa shape index (κ1) is 13.7. The highest BCUT2D eigenvalue weighted by molar-refractivity contribution is 7.91. The molecule has 7 heteroatoms. The van der Waals surface area contributed by atoms with Gasteiger partial charge in [0.15, 0.2) is 9.84 Å². The van der Waals surface area contributed by atoms with E-state index in [1.165, 1.54) is 24.1 Å². The average molecular weight is 285 g/mol. The van der Waals surface area contributed by atoms with Crippen LogP contribution in [0.4, 0.5) is 0 Å². The Kier molecular flexibility index (Phi) is 3.40. The molecule has 1 aromatic carbocycles. The Morgan fingerprint density at radius 3 is 2.32 bits per heavy atom. The molecule has 0 spiro atoms. The molecule has 1 fully saturated rings. The molecule has 1 aliphatic heterocycles. The number of amides is 1. The molecule has 0 aromatic heterocycles. The number of aromatic hydroxyl groups is 2. The third kappa shape index (κ3) is 2.98. The van der Waals surface area contributed by atoms with Crippen molar-refractivity contribution in [3.05, 3.63) is 23.8 Å². The predicted octanol–water partition coefficient (Wildman–Crippen LogP) is 0.357. The lowest BCUT2D eigenvalue weighted by molar-refractivity contribution is 0.0747. The van der Waals surface area contributed by atoms with Gasteiger partial charge in [-0.2, -0.15) is 0 Å². The third-order valence-corrected chi connectivity index (χ3v) is 4.98. The van der Waals surface area contributed by atoms with E-state index in [0.29, 0.717) is 6.42 Å². The lowest BCUT2D eigenvalue weighted by atomic mass is 10.1. The van der Waals surface area contributed by atoms with Gasteiger partial charge in [0.1, 0.15) is 11.5 Å². The maximum Gasteiger partial charge on any atom is 0.254 e. The van der Waals surface area contributed by atoms with E-state index in [1.54, 1.807) is 0 Å². The highest BCUT2D eigenvalue weighted by Gasteiger charge is 2.33. The van der Waals surface area contributed by atoms with Gasteiger partial charge in [0.25, 0.3) is 5.91 Å². The molecule has 1 aromatic rings. The molecule has 1 aliphatic rings. The Labute approximate surface area is 111 Å². The van der Waals surface area contributed by atoms with Crippen LogP contribution in [0.1, 0.15) is 16.8 Å². The van der Waals surface area contributed by atoms with Crippen LogP contribution < -0.4 is 0 Å². The van der Waals surface area contributed by atoms with Crippen LogP contribution in [0.2, 0.25) is 0 Å². The zero-order valence-electron chi connectivity index (χ0n) is 10.4. The van der Waals surface area contributed by atoms with Crippen molar-refractivity contribution in [2.45, 2.75) is 12.5 Å². The number of hydrogen-bond acceptors (Lipinski definition) is 5. The number of phenols is 2. The number of carbonyl (C=O) groups is 1. The highest BCUT2D eigenvalue weighted by Crippen LogP contribution is 2.23. The molecule has 1 amide bonds. The maximum atomic E-state index is 12.2. The molecule has 1 atom stereocenters. The minimum atomic E-state index is -3.07. The van der Waals surface area contributed by atoms with E-state index < -0.39 is 15.7 Å². The monoisotopic (exact) mass is 285 g/mol. The van der Waals surface area contributed by atoms with Crippen LogP contribution in [0.3, 0.4) is 0 Å². The van der Waals surface area contributed by atoms with Crippen molar-refractivity contribution in [3.63, 3.8) is 0 Å². The molecule has 0 saturated carbocycles. The minimum absolute atomic E-state index is 0.0416. The van der Waals surface area contributed by atoms with E-state index >= 15 is 0 Å². The fourth-order valence-corrected chi connectivity index (χ4v) is 3.94. The topological polar surface area (TPSA) is 94.9 Å². The van der Waals surface area contributed by atoms with Crippen LogP contribution in [-0.4, -0.2) is 54.0 Å². The summed E-state index contributed by atoms with van der Waals surface area (Å²) in [4.78, 5) is 13.5. The first-order valence-corrected chi connectivity index (χ1v) is 7.61. The highest BCUT2D eigenvalue weighted by atomic mass is 32.2. The van der Waals surface area contributed by atoms with Gasteiger partial charge in [0.2, 0.25) is 0 Å². The third-order valence-electron chi connectivity index (χ3n) is 3.23. The van der Waals surface area contributed by atoms with Gasteiger partial charge < -0.3 is 15.1 Å². The first-order valence-electron chi connectivity index (χ1n) is 5.79. The summed E-state index contributed by atoms with van der Waals surface area (Å²) in [5, 5.41) is 18.7. The standard InChI is InChI=1S/C12H15NO5S/c1-13(9-2-3-19(17,18)7-9)12(16)8-4-10(14)6-11(15)5-8/h4-6,9,14-15H,2-3,7H2,1H3. The van der Waals surface area contributed by atoms with E-state index in [9.17, 15) is 23.4 Å². The van der Waals surface area contributed by atoms with Gasteiger partial charge in [-0.1, -0.05) is 0 Å². The Balaban J connectivity index is 2.20. The predicted molar refractivity (Wildman–Crippen MR) is 68.9 cm³/mol. The normalized spacial score (nSPS) is 21.2. The fourth-order valence-electron chi connectivity index (χ4n) is 2.17. The van der Waals surface area contributed by atoms with Crippen molar-refractivity contribution < 1.29 is 23.4 Å². The Hall–Kier alpha value is -1.76. The molecule has 0 radical (unpaired) electrons. The lowest BCUT2D eigenvalue weighted by Crippen LogP contribution is -2.37. The summed E-state index contributed by atoms with van der Waals surface area (Å²) in [6.45, 7) is 0. The first-order chi connectivity index (χ1) is 8.78. The van der Waals surface area contributed by atoms with Gasteiger partial charge in [-0.3, -0.25) is 4.79 Å². The van der Waals surface area contributed by atoms with E-state index in [2.05, 4.69) is 0 Å². The number of benzene rings is 1. The number of carbonyl (C=O) groups excluding carboxylic acids is 1. The Morgan fingerprint density at radius 1 is 1.26 bits per heavy atom. The van der Waals surface area contributed by atoms with E-state index in [-0.39, 0.29) is 34.6 Å². The molecule has 0 bridgehead atoms. The van der Waals surface area contributed by atoms with Crippen molar-refractivity contribution in [1.29, 1.82) is 0 Å². The second-order valence-electron chi connectivity index (χ2n) is 4.71. The van der Waals surface area contributed by atoms with Gasteiger partial charge in [-0.15, -0.1) is 0 Å². The van der Waals surface area contributed by atoms with Crippen LogP contribution in [0.5, 0.6) is 11.5 Å². The summed E-state index contributed by atoms with van der Waals surface area (Å²) in [6, 6.07) is 3.24. The molecule has 1 heterocycles. The Morgan fingerprint density at radius 2 is 1.84 bits per heavy atom. The van der Waals surface area contributed by atoms with E-state index in [0.717, 1.165) is 6.07 Å². The fraction of sp³-hybridized carbons (Fsp3) is 0.417. The molecule has 104 valence electrons. The van der Waals surface area contributed by atoms with Crippen LogP contribution >= 0.6 is 0 Å². The molecule has 1 unspecified atom stereocenters. The van der Waals surface area contributed by atoms with Crippen LogP contribution in [0.25, 0.3) is 0 Å². The maximum absolute atomic E-state index is 12.2. The van der Waals surface area contributed by atoms with Gasteiger partial charge in [0, 0.05) is 24.7 Å². The second kappa shape index (κ2) is 4.73. The van der Waals surface area contributed by atoms with E-state index in [1.807, 2.05) is 0 Å². The summed E-state index contributed by atoms with van der Waals surface area (Å²) < 4.78 is 22.8. The number of sulfone groups is 1. The molecular weight excluding hydrogens is 270 g/mol. The summed E-state index contributed by atoms with van der Waals surface area (Å²) in [6.07, 6.45) is 0.412. The van der Waals surface area contributed by atoms with Gasteiger partial charge >= 0.3 is 0 Å². The second-order valence-corrected chi connectivity index (χ2v) is 6.94. The minimum Gasteiger partial charge on any atom is -0.508 e. The van der Waals surface area contributed by atoms with Crippen molar-refractivity contribution in [3.8, 4) is 11.5 Å². The molecule has 1 saturated heterocycles. The van der Waals surface area contributed by atoms with Crippen molar-refractivity contribution in [2.75, 3.05) is 18.6 Å². The van der Waals surface area contributed by atoms with Crippen molar-refractivity contribution in [1.82, 2.24) is 4.90 Å². The zero-order chi connectivity index (χ0) is 14.2. The smallest absolute Gasteiger partial charge is 0.254 e. The number of nitrogens with zero attached hydrogens (tertiary/aromatic N) is 1. The van der Waals surface area contributed by atoms with Crippen LogP contribution in [0.15, 0.2) is 18.2 Å². The largest absolute Gasteiger partial charge is 0.508 e. The van der Waals surface area contributed by atoms with Gasteiger partial charge in [-0.05, 0) is 18.6 Å². The molecule has 0 aliphatic carbocycles. The average Bonchev–Trinajstić information content (AvgIpc) is 2.66. The summed E-state index contributed by atoms with van der Waals surface area (Å²) in [7, 11) is -1.54.